The summed E-state index contributed by atoms with van der Waals surface area (Å²) in [4.78, 5) is 12.3. The van der Waals surface area contributed by atoms with Crippen molar-refractivity contribution in [3.05, 3.63) is 18.0 Å². The van der Waals surface area contributed by atoms with Crippen molar-refractivity contribution in [1.29, 1.82) is 0 Å². The summed E-state index contributed by atoms with van der Waals surface area (Å²) in [6.07, 6.45) is 6.78. The highest BCUT2D eigenvalue weighted by molar-refractivity contribution is 5.77. The highest BCUT2D eigenvalue weighted by atomic mass is 16.5. The van der Waals surface area contributed by atoms with Crippen LogP contribution in [-0.2, 0) is 16.0 Å². The van der Waals surface area contributed by atoms with Crippen LogP contribution in [-0.4, -0.2) is 29.4 Å². The summed E-state index contributed by atoms with van der Waals surface area (Å²) in [5.74, 6) is 0.416. The van der Waals surface area contributed by atoms with E-state index in [1.54, 1.807) is 0 Å². The fraction of sp³-hybridized carbons (Fsp3) is 0.750. The molecule has 0 spiro atoms. The van der Waals surface area contributed by atoms with Gasteiger partial charge in [0.05, 0.1) is 18.2 Å². The molecular formula is C16H27N3O2. The van der Waals surface area contributed by atoms with Crippen molar-refractivity contribution >= 4 is 5.97 Å². The minimum absolute atomic E-state index is 0.199. The molecule has 1 aliphatic carbocycles. The molecule has 2 N–H and O–H groups in total. The zero-order chi connectivity index (χ0) is 15.5. The third-order valence-corrected chi connectivity index (χ3v) is 4.61. The Morgan fingerprint density at radius 2 is 2.33 bits per heavy atom. The van der Waals surface area contributed by atoms with Gasteiger partial charge in [-0.15, -0.1) is 0 Å². The second-order valence-electron chi connectivity index (χ2n) is 6.34. The number of methoxy groups -OCH3 is 1. The summed E-state index contributed by atoms with van der Waals surface area (Å²) < 4.78 is 6.99. The van der Waals surface area contributed by atoms with Gasteiger partial charge in [0.1, 0.15) is 0 Å². The van der Waals surface area contributed by atoms with Crippen LogP contribution in [0.2, 0.25) is 0 Å². The maximum Gasteiger partial charge on any atom is 0.313 e. The van der Waals surface area contributed by atoms with Crippen LogP contribution in [0.4, 0.5) is 0 Å². The maximum absolute atomic E-state index is 12.3. The third kappa shape index (κ3) is 3.64. The predicted molar refractivity (Wildman–Crippen MR) is 81.8 cm³/mol. The lowest BCUT2D eigenvalue weighted by Crippen LogP contribution is -2.42. The second-order valence-corrected chi connectivity index (χ2v) is 6.34. The lowest BCUT2D eigenvalue weighted by Gasteiger charge is -2.29. The van der Waals surface area contributed by atoms with Gasteiger partial charge >= 0.3 is 5.97 Å². The first kappa shape index (κ1) is 16.0. The van der Waals surface area contributed by atoms with Crippen LogP contribution in [0.3, 0.4) is 0 Å². The Morgan fingerprint density at radius 3 is 2.86 bits per heavy atom. The van der Waals surface area contributed by atoms with Crippen molar-refractivity contribution in [2.45, 2.75) is 52.0 Å². The van der Waals surface area contributed by atoms with Gasteiger partial charge in [-0.05, 0) is 31.7 Å². The van der Waals surface area contributed by atoms with Gasteiger partial charge in [0.2, 0.25) is 0 Å². The molecule has 0 aromatic carbocycles. The van der Waals surface area contributed by atoms with Gasteiger partial charge in [-0.1, -0.05) is 19.8 Å². The molecule has 0 saturated heterocycles. The Labute approximate surface area is 126 Å². The molecule has 0 amide bonds. The summed E-state index contributed by atoms with van der Waals surface area (Å²) in [6, 6.07) is 2.36. The van der Waals surface area contributed by atoms with Gasteiger partial charge in [-0.3, -0.25) is 9.48 Å². The Morgan fingerprint density at radius 1 is 1.62 bits per heavy atom. The van der Waals surface area contributed by atoms with E-state index in [4.69, 9.17) is 10.5 Å². The van der Waals surface area contributed by atoms with E-state index in [1.165, 1.54) is 20.0 Å². The zero-order valence-corrected chi connectivity index (χ0v) is 13.3. The monoisotopic (exact) mass is 293 g/mol. The number of hydrogen-bond acceptors (Lipinski definition) is 4. The Hall–Kier alpha value is -1.36. The summed E-state index contributed by atoms with van der Waals surface area (Å²) in [5, 5.41) is 4.61. The first-order valence-electron chi connectivity index (χ1n) is 7.87. The first-order valence-corrected chi connectivity index (χ1v) is 7.87. The van der Waals surface area contributed by atoms with Crippen LogP contribution in [0.1, 0.15) is 51.3 Å². The number of nitrogens with zero attached hydrogens (tertiary/aromatic N) is 2. The third-order valence-electron chi connectivity index (χ3n) is 4.61. The number of aromatic nitrogens is 2. The average Bonchev–Trinajstić information content (AvgIpc) is 3.20. The minimum Gasteiger partial charge on any atom is -0.469 e. The molecule has 0 bridgehead atoms. The van der Waals surface area contributed by atoms with Crippen LogP contribution in [0.5, 0.6) is 0 Å². The molecule has 1 aromatic rings. The van der Waals surface area contributed by atoms with Gasteiger partial charge in [0.15, 0.2) is 0 Å². The standard InChI is InChI=1S/C16H27N3O2/c1-4-12(2)19-8-7-14(18-19)10-16(11-17,15(20)21-3)9-13-5-6-13/h7-8,12-13H,4-6,9-11,17H2,1-3H3. The SMILES string of the molecule is CCC(C)n1ccc(CC(CN)(CC2CC2)C(=O)OC)n1. The average molecular weight is 293 g/mol. The number of hydrogen-bond donors (Lipinski definition) is 1. The van der Waals surface area contributed by atoms with E-state index < -0.39 is 5.41 Å². The second kappa shape index (κ2) is 6.60. The topological polar surface area (TPSA) is 70.1 Å². The number of carbonyl (C=O) groups excluding carboxylic acids is 1. The van der Waals surface area contributed by atoms with Gasteiger partial charge in [0, 0.05) is 25.2 Å². The van der Waals surface area contributed by atoms with Gasteiger partial charge in [0.25, 0.3) is 0 Å². The maximum atomic E-state index is 12.3. The molecule has 1 aliphatic rings. The van der Waals surface area contributed by atoms with Crippen LogP contribution in [0.15, 0.2) is 12.3 Å². The molecule has 5 nitrogen and oxygen atoms in total. The Bertz CT molecular complexity index is 482. The largest absolute Gasteiger partial charge is 0.469 e. The molecule has 1 aromatic heterocycles. The van der Waals surface area contributed by atoms with E-state index >= 15 is 0 Å². The van der Waals surface area contributed by atoms with Crippen LogP contribution in [0, 0.1) is 11.3 Å². The summed E-state index contributed by atoms with van der Waals surface area (Å²) in [7, 11) is 1.44. The quantitative estimate of drug-likeness (QED) is 0.747. The van der Waals surface area contributed by atoms with E-state index in [0.29, 0.717) is 24.9 Å². The fourth-order valence-corrected chi connectivity index (χ4v) is 2.81. The minimum atomic E-state index is -0.620. The molecule has 0 aliphatic heterocycles. The summed E-state index contributed by atoms with van der Waals surface area (Å²) in [5.41, 5.74) is 6.27. The summed E-state index contributed by atoms with van der Waals surface area (Å²) in [6.45, 7) is 4.58. The molecule has 2 atom stereocenters. The van der Waals surface area contributed by atoms with Crippen LogP contribution >= 0.6 is 0 Å². The van der Waals surface area contributed by atoms with Crippen molar-refractivity contribution in [3.8, 4) is 0 Å². The van der Waals surface area contributed by atoms with Crippen molar-refractivity contribution in [3.63, 3.8) is 0 Å². The zero-order valence-electron chi connectivity index (χ0n) is 13.3. The normalized spacial score (nSPS) is 19.0. The van der Waals surface area contributed by atoms with E-state index in [9.17, 15) is 4.79 Å². The number of carbonyl (C=O) groups is 1. The van der Waals surface area contributed by atoms with Gasteiger partial charge in [-0.2, -0.15) is 5.10 Å². The van der Waals surface area contributed by atoms with Crippen molar-refractivity contribution in [2.75, 3.05) is 13.7 Å². The summed E-state index contributed by atoms with van der Waals surface area (Å²) >= 11 is 0. The highest BCUT2D eigenvalue weighted by Crippen LogP contribution is 2.42. The lowest BCUT2D eigenvalue weighted by molar-refractivity contribution is -0.153. The number of esters is 1. The molecule has 21 heavy (non-hydrogen) atoms. The molecule has 1 saturated carbocycles. The van der Waals surface area contributed by atoms with E-state index in [-0.39, 0.29) is 5.97 Å². The van der Waals surface area contributed by atoms with Crippen LogP contribution in [0.25, 0.3) is 0 Å². The van der Waals surface area contributed by atoms with Gasteiger partial charge in [-0.25, -0.2) is 0 Å². The molecule has 2 unspecified atom stereocenters. The van der Waals surface area contributed by atoms with E-state index in [1.807, 2.05) is 16.9 Å². The Kier molecular flexibility index (Phi) is 5.04. The molecule has 0 radical (unpaired) electrons. The fourth-order valence-electron chi connectivity index (χ4n) is 2.81. The number of ether oxygens (including phenoxy) is 1. The lowest BCUT2D eigenvalue weighted by atomic mass is 9.78. The van der Waals surface area contributed by atoms with Crippen molar-refractivity contribution in [2.24, 2.45) is 17.1 Å². The first-order chi connectivity index (χ1) is 10.0. The molecule has 118 valence electrons. The highest BCUT2D eigenvalue weighted by Gasteiger charge is 2.43. The molecule has 1 fully saturated rings. The van der Waals surface area contributed by atoms with E-state index in [2.05, 4.69) is 18.9 Å². The molecule has 1 heterocycles. The smallest absolute Gasteiger partial charge is 0.313 e. The van der Waals surface area contributed by atoms with Crippen molar-refractivity contribution < 1.29 is 9.53 Å². The van der Waals surface area contributed by atoms with E-state index in [0.717, 1.165) is 18.5 Å². The predicted octanol–water partition coefficient (Wildman–Crippen LogP) is 2.31. The van der Waals surface area contributed by atoms with Crippen molar-refractivity contribution in [1.82, 2.24) is 9.78 Å². The Balaban J connectivity index is 2.17. The molecule has 5 heteroatoms. The number of rotatable bonds is 8. The molecular weight excluding hydrogens is 266 g/mol. The molecule has 2 rings (SSSR count). The van der Waals surface area contributed by atoms with Gasteiger partial charge < -0.3 is 10.5 Å². The number of nitrogens with two attached hydrogens (primary N) is 1. The van der Waals surface area contributed by atoms with Crippen LogP contribution < -0.4 is 5.73 Å².